The van der Waals surface area contributed by atoms with Gasteiger partial charge in [0.15, 0.2) is 16.3 Å². The van der Waals surface area contributed by atoms with Crippen molar-refractivity contribution in [2.45, 2.75) is 13.5 Å². The maximum atomic E-state index is 12.7. The van der Waals surface area contributed by atoms with Gasteiger partial charge in [-0.25, -0.2) is 0 Å². The highest BCUT2D eigenvalue weighted by Gasteiger charge is 2.20. The molecule has 1 aromatic heterocycles. The average molecular weight is 429 g/mol. The Labute approximate surface area is 173 Å². The van der Waals surface area contributed by atoms with E-state index in [0.29, 0.717) is 17.0 Å². The first kappa shape index (κ1) is 19.6. The van der Waals surface area contributed by atoms with Gasteiger partial charge in [0, 0.05) is 29.8 Å². The summed E-state index contributed by atoms with van der Waals surface area (Å²) in [5.41, 5.74) is 0.485. The molecule has 0 bridgehead atoms. The number of aromatic nitrogens is 1. The van der Waals surface area contributed by atoms with Gasteiger partial charge in [-0.3, -0.25) is 19.7 Å². The second-order valence-corrected chi connectivity index (χ2v) is 7.18. The van der Waals surface area contributed by atoms with Gasteiger partial charge in [0.2, 0.25) is 6.79 Å². The van der Waals surface area contributed by atoms with Gasteiger partial charge in [-0.2, -0.15) is 4.99 Å². The van der Waals surface area contributed by atoms with Crippen molar-refractivity contribution < 1.29 is 28.7 Å². The molecule has 1 amide bonds. The van der Waals surface area contributed by atoms with Gasteiger partial charge in [0.1, 0.15) is 6.54 Å². The molecule has 0 N–H and O–H groups in total. The molecule has 10 nitrogen and oxygen atoms in total. The molecular weight excluding hydrogens is 414 g/mol. The van der Waals surface area contributed by atoms with Crippen molar-refractivity contribution in [3.63, 3.8) is 0 Å². The molecule has 2 heterocycles. The number of rotatable bonds is 5. The van der Waals surface area contributed by atoms with Crippen LogP contribution in [0.2, 0.25) is 0 Å². The van der Waals surface area contributed by atoms with Crippen LogP contribution in [0.4, 0.5) is 5.69 Å². The number of nitrogens with zero attached hydrogens (tertiary/aromatic N) is 3. The zero-order chi connectivity index (χ0) is 21.3. The fourth-order valence-electron chi connectivity index (χ4n) is 2.94. The molecule has 1 aliphatic heterocycles. The summed E-state index contributed by atoms with van der Waals surface area (Å²) in [6.45, 7) is 1.86. The van der Waals surface area contributed by atoms with Crippen molar-refractivity contribution in [2.24, 2.45) is 4.99 Å². The third-order valence-corrected chi connectivity index (χ3v) is 5.31. The zero-order valence-electron chi connectivity index (χ0n) is 15.7. The number of carbonyl (C=O) groups excluding carboxylic acids is 2. The topological polar surface area (TPSA) is 122 Å². The molecule has 3 aromatic rings. The minimum atomic E-state index is -0.664. The van der Waals surface area contributed by atoms with Crippen molar-refractivity contribution in [1.82, 2.24) is 4.57 Å². The molecule has 0 saturated carbocycles. The molecule has 0 unspecified atom stereocenters. The lowest BCUT2D eigenvalue weighted by Gasteiger charge is -2.05. The Kier molecular flexibility index (Phi) is 5.19. The van der Waals surface area contributed by atoms with Crippen LogP contribution in [0.25, 0.3) is 10.2 Å². The van der Waals surface area contributed by atoms with Crippen LogP contribution < -0.4 is 14.3 Å². The molecular formula is C19H15N3O7S. The molecule has 0 atom stereocenters. The lowest BCUT2D eigenvalue weighted by molar-refractivity contribution is -0.384. The van der Waals surface area contributed by atoms with Crippen molar-refractivity contribution in [3.05, 3.63) is 56.9 Å². The third kappa shape index (κ3) is 3.74. The van der Waals surface area contributed by atoms with Gasteiger partial charge in [-0.15, -0.1) is 0 Å². The Balaban J connectivity index is 1.82. The van der Waals surface area contributed by atoms with Gasteiger partial charge < -0.3 is 18.8 Å². The summed E-state index contributed by atoms with van der Waals surface area (Å²) in [7, 11) is 0. The molecule has 30 heavy (non-hydrogen) atoms. The number of amides is 1. The second kappa shape index (κ2) is 7.95. The molecule has 154 valence electrons. The van der Waals surface area contributed by atoms with Crippen molar-refractivity contribution in [3.8, 4) is 11.5 Å². The molecule has 0 saturated heterocycles. The molecule has 1 aliphatic rings. The molecule has 4 rings (SSSR count). The fourth-order valence-corrected chi connectivity index (χ4v) is 3.98. The Morgan fingerprint density at radius 3 is 2.77 bits per heavy atom. The van der Waals surface area contributed by atoms with Crippen molar-refractivity contribution in [2.75, 3.05) is 13.4 Å². The van der Waals surface area contributed by atoms with Crippen LogP contribution in [0.5, 0.6) is 11.5 Å². The number of non-ortho nitro benzene ring substituents is 1. The average Bonchev–Trinajstić information content (AvgIpc) is 3.30. The van der Waals surface area contributed by atoms with Crippen molar-refractivity contribution >= 4 is 39.1 Å². The zero-order valence-corrected chi connectivity index (χ0v) is 16.5. The van der Waals surface area contributed by atoms with Crippen LogP contribution in [0.3, 0.4) is 0 Å². The van der Waals surface area contributed by atoms with E-state index in [1.165, 1.54) is 29.5 Å². The Hall–Kier alpha value is -3.73. The van der Waals surface area contributed by atoms with Crippen LogP contribution in [0.1, 0.15) is 17.3 Å². The van der Waals surface area contributed by atoms with E-state index < -0.39 is 16.8 Å². The SMILES string of the molecule is CCOC(=O)Cn1c(=NC(=O)c2cccc([N+](=O)[O-])c2)sc2cc3c(cc21)OCO3. The first-order chi connectivity index (χ1) is 14.5. The van der Waals surface area contributed by atoms with Gasteiger partial charge >= 0.3 is 5.97 Å². The lowest BCUT2D eigenvalue weighted by Crippen LogP contribution is -2.23. The largest absolute Gasteiger partial charge is 0.465 e. The second-order valence-electron chi connectivity index (χ2n) is 6.17. The van der Waals surface area contributed by atoms with Gasteiger partial charge in [0.25, 0.3) is 11.6 Å². The van der Waals surface area contributed by atoms with Crippen LogP contribution in [0, 0.1) is 10.1 Å². The van der Waals surface area contributed by atoms with E-state index in [4.69, 9.17) is 14.2 Å². The summed E-state index contributed by atoms with van der Waals surface area (Å²) in [5, 5.41) is 11.0. The smallest absolute Gasteiger partial charge is 0.326 e. The van der Waals surface area contributed by atoms with E-state index >= 15 is 0 Å². The molecule has 11 heteroatoms. The number of nitro benzene ring substituents is 1. The van der Waals surface area contributed by atoms with Crippen molar-refractivity contribution in [1.29, 1.82) is 0 Å². The first-order valence-corrected chi connectivity index (χ1v) is 9.70. The minimum Gasteiger partial charge on any atom is -0.465 e. The molecule has 2 aromatic carbocycles. The number of esters is 1. The van der Waals surface area contributed by atoms with E-state index in [1.807, 2.05) is 0 Å². The summed E-state index contributed by atoms with van der Waals surface area (Å²) < 4.78 is 18.1. The van der Waals surface area contributed by atoms with Crippen LogP contribution >= 0.6 is 11.3 Å². The van der Waals surface area contributed by atoms with Gasteiger partial charge in [-0.05, 0) is 13.0 Å². The number of hydrogen-bond donors (Lipinski definition) is 0. The maximum Gasteiger partial charge on any atom is 0.326 e. The number of nitro groups is 1. The standard InChI is InChI=1S/C19H15N3O7S/c1-2-27-17(23)9-21-13-7-14-15(29-10-28-14)8-16(13)30-19(21)20-18(24)11-4-3-5-12(6-11)22(25)26/h3-8H,2,9-10H2,1H3. The molecule has 0 fully saturated rings. The van der Waals surface area contributed by atoms with Gasteiger partial charge in [-0.1, -0.05) is 17.4 Å². The maximum absolute atomic E-state index is 12.7. The Bertz CT molecular complexity index is 1240. The van der Waals surface area contributed by atoms with Crippen LogP contribution in [0.15, 0.2) is 41.4 Å². The van der Waals surface area contributed by atoms with E-state index in [2.05, 4.69) is 4.99 Å². The van der Waals surface area contributed by atoms with E-state index in [1.54, 1.807) is 23.6 Å². The number of thiazole rings is 1. The third-order valence-electron chi connectivity index (χ3n) is 4.27. The summed E-state index contributed by atoms with van der Waals surface area (Å²) in [6, 6.07) is 8.77. The van der Waals surface area contributed by atoms with Crippen LogP contribution in [-0.4, -0.2) is 34.8 Å². The summed E-state index contributed by atoms with van der Waals surface area (Å²) in [5.74, 6) is -0.0694. The monoisotopic (exact) mass is 429 g/mol. The summed E-state index contributed by atoms with van der Waals surface area (Å²) in [4.78, 5) is 39.5. The quantitative estimate of drug-likeness (QED) is 0.347. The van der Waals surface area contributed by atoms with Crippen LogP contribution in [-0.2, 0) is 16.1 Å². The Morgan fingerprint density at radius 1 is 1.27 bits per heavy atom. The molecule has 0 aliphatic carbocycles. The lowest BCUT2D eigenvalue weighted by atomic mass is 10.2. The predicted octanol–water partition coefficient (Wildman–Crippen LogP) is 2.64. The molecule has 0 spiro atoms. The van der Waals surface area contributed by atoms with E-state index in [9.17, 15) is 19.7 Å². The minimum absolute atomic E-state index is 0.0681. The number of ether oxygens (including phenoxy) is 3. The summed E-state index contributed by atoms with van der Waals surface area (Å²) >= 11 is 1.18. The first-order valence-electron chi connectivity index (χ1n) is 8.88. The number of benzene rings is 2. The number of hydrogen-bond acceptors (Lipinski definition) is 8. The highest BCUT2D eigenvalue weighted by atomic mass is 32.1. The fraction of sp³-hybridized carbons (Fsp3) is 0.211. The van der Waals surface area contributed by atoms with E-state index in [0.717, 1.165) is 10.8 Å². The summed E-state index contributed by atoms with van der Waals surface area (Å²) in [6.07, 6.45) is 0. The number of fused-ring (bicyclic) bond motifs is 2. The van der Waals surface area contributed by atoms with E-state index in [-0.39, 0.29) is 36.0 Å². The number of carbonyl (C=O) groups is 2. The van der Waals surface area contributed by atoms with Gasteiger partial charge in [0.05, 0.1) is 21.7 Å². The predicted molar refractivity (Wildman–Crippen MR) is 106 cm³/mol. The highest BCUT2D eigenvalue weighted by molar-refractivity contribution is 7.16. The Morgan fingerprint density at radius 2 is 2.03 bits per heavy atom. The molecule has 0 radical (unpaired) electrons. The highest BCUT2D eigenvalue weighted by Crippen LogP contribution is 2.37. The normalized spacial score (nSPS) is 12.9.